The molecule has 1 fully saturated rings. The first-order valence-electron chi connectivity index (χ1n) is 8.15. The molecule has 2 amide bonds. The third-order valence-corrected chi connectivity index (χ3v) is 4.54. The van der Waals surface area contributed by atoms with Crippen LogP contribution in [0.1, 0.15) is 33.6 Å². The summed E-state index contributed by atoms with van der Waals surface area (Å²) < 4.78 is 13.7. The summed E-state index contributed by atoms with van der Waals surface area (Å²) in [5, 5.41) is 3.37. The maximum Gasteiger partial charge on any atom is 0.254 e. The third kappa shape index (κ3) is 4.17. The number of nitrogens with one attached hydrogen (secondary N) is 1. The Bertz CT molecular complexity index is 788. The summed E-state index contributed by atoms with van der Waals surface area (Å²) in [7, 11) is 0. The summed E-state index contributed by atoms with van der Waals surface area (Å²) in [6, 6.07) is 12.7. The molecule has 0 aliphatic carbocycles. The average molecular weight is 361 g/mol. The molecule has 1 aliphatic heterocycles. The Morgan fingerprint density at radius 1 is 1.08 bits per heavy atom. The standard InChI is InChI=1S/C19H18ClFN2O2/c20-14-5-3-4-13(12-14)19(25)23-10-8-15(9-11-23)22-18(24)16-6-1-2-7-17(16)21/h1-7,12,15H,8-11H2,(H,22,24). The second-order valence-electron chi connectivity index (χ2n) is 6.03. The van der Waals surface area contributed by atoms with Crippen LogP contribution in [0.15, 0.2) is 48.5 Å². The normalized spacial score (nSPS) is 15.0. The lowest BCUT2D eigenvalue weighted by Crippen LogP contribution is -2.46. The van der Waals surface area contributed by atoms with E-state index in [0.717, 1.165) is 0 Å². The van der Waals surface area contributed by atoms with Crippen LogP contribution in [0.5, 0.6) is 0 Å². The molecule has 25 heavy (non-hydrogen) atoms. The van der Waals surface area contributed by atoms with Crippen LogP contribution < -0.4 is 5.32 Å². The number of halogens is 2. The Kier molecular flexibility index (Phi) is 5.34. The lowest BCUT2D eigenvalue weighted by atomic mass is 10.0. The van der Waals surface area contributed by atoms with Gasteiger partial charge in [-0.2, -0.15) is 0 Å². The monoisotopic (exact) mass is 360 g/mol. The fraction of sp³-hybridized carbons (Fsp3) is 0.263. The van der Waals surface area contributed by atoms with Crippen LogP contribution in [0.2, 0.25) is 5.02 Å². The van der Waals surface area contributed by atoms with Gasteiger partial charge in [-0.3, -0.25) is 9.59 Å². The summed E-state index contributed by atoms with van der Waals surface area (Å²) in [5.74, 6) is -1.02. The lowest BCUT2D eigenvalue weighted by Gasteiger charge is -2.32. The van der Waals surface area contributed by atoms with Crippen molar-refractivity contribution in [1.29, 1.82) is 0 Å². The molecule has 0 saturated carbocycles. The molecule has 0 aromatic heterocycles. The van der Waals surface area contributed by atoms with Crippen molar-refractivity contribution in [3.8, 4) is 0 Å². The number of benzene rings is 2. The largest absolute Gasteiger partial charge is 0.349 e. The van der Waals surface area contributed by atoms with Crippen molar-refractivity contribution < 1.29 is 14.0 Å². The molecule has 0 radical (unpaired) electrons. The quantitative estimate of drug-likeness (QED) is 0.910. The second-order valence-corrected chi connectivity index (χ2v) is 6.47. The molecule has 1 saturated heterocycles. The van der Waals surface area contributed by atoms with E-state index in [1.807, 2.05) is 0 Å². The van der Waals surface area contributed by atoms with E-state index in [2.05, 4.69) is 5.32 Å². The predicted octanol–water partition coefficient (Wildman–Crippen LogP) is 3.51. The molecular formula is C19H18ClFN2O2. The van der Waals surface area contributed by atoms with Gasteiger partial charge in [0.2, 0.25) is 0 Å². The van der Waals surface area contributed by atoms with Gasteiger partial charge < -0.3 is 10.2 Å². The van der Waals surface area contributed by atoms with Crippen molar-refractivity contribution in [2.45, 2.75) is 18.9 Å². The van der Waals surface area contributed by atoms with Crippen LogP contribution in [0, 0.1) is 5.82 Å². The van der Waals surface area contributed by atoms with Crippen LogP contribution in [0.4, 0.5) is 4.39 Å². The first-order valence-corrected chi connectivity index (χ1v) is 8.52. The molecule has 0 atom stereocenters. The van der Waals surface area contributed by atoms with Crippen LogP contribution >= 0.6 is 11.6 Å². The Hall–Kier alpha value is -2.40. The molecule has 0 spiro atoms. The van der Waals surface area contributed by atoms with Gasteiger partial charge in [-0.1, -0.05) is 29.8 Å². The van der Waals surface area contributed by atoms with Crippen molar-refractivity contribution in [2.24, 2.45) is 0 Å². The smallest absolute Gasteiger partial charge is 0.254 e. The number of likely N-dealkylation sites (tertiary alicyclic amines) is 1. The zero-order valence-electron chi connectivity index (χ0n) is 13.5. The van der Waals surface area contributed by atoms with Gasteiger partial charge in [-0.15, -0.1) is 0 Å². The molecule has 2 aromatic carbocycles. The maximum absolute atomic E-state index is 13.7. The number of nitrogens with zero attached hydrogens (tertiary/aromatic N) is 1. The highest BCUT2D eigenvalue weighted by atomic mass is 35.5. The molecular weight excluding hydrogens is 343 g/mol. The molecule has 130 valence electrons. The summed E-state index contributed by atoms with van der Waals surface area (Å²) >= 11 is 5.93. The Balaban J connectivity index is 1.56. The molecule has 3 rings (SSSR count). The molecule has 6 heteroatoms. The molecule has 0 bridgehead atoms. The van der Waals surface area contributed by atoms with Gasteiger partial charge in [0.15, 0.2) is 0 Å². The maximum atomic E-state index is 13.7. The minimum absolute atomic E-state index is 0.0416. The Morgan fingerprint density at radius 3 is 2.48 bits per heavy atom. The highest BCUT2D eigenvalue weighted by Crippen LogP contribution is 2.17. The summed E-state index contributed by atoms with van der Waals surface area (Å²) in [5.41, 5.74) is 0.598. The van der Waals surface area contributed by atoms with Crippen molar-refractivity contribution in [2.75, 3.05) is 13.1 Å². The number of carbonyl (C=O) groups excluding carboxylic acids is 2. The van der Waals surface area contributed by atoms with Crippen molar-refractivity contribution >= 4 is 23.4 Å². The lowest BCUT2D eigenvalue weighted by molar-refractivity contribution is 0.0698. The fourth-order valence-corrected chi connectivity index (χ4v) is 3.13. The average Bonchev–Trinajstić information content (AvgIpc) is 2.62. The van der Waals surface area contributed by atoms with E-state index in [4.69, 9.17) is 11.6 Å². The van der Waals surface area contributed by atoms with E-state index in [0.29, 0.717) is 36.5 Å². The topological polar surface area (TPSA) is 49.4 Å². The summed E-state index contributed by atoms with van der Waals surface area (Å²) in [6.07, 6.45) is 1.26. The molecule has 0 unspecified atom stereocenters. The van der Waals surface area contributed by atoms with E-state index in [-0.39, 0.29) is 17.5 Å². The molecule has 4 nitrogen and oxygen atoms in total. The number of carbonyl (C=O) groups is 2. The van der Waals surface area contributed by atoms with Crippen LogP contribution in [-0.4, -0.2) is 35.8 Å². The highest BCUT2D eigenvalue weighted by molar-refractivity contribution is 6.30. The third-order valence-electron chi connectivity index (χ3n) is 4.31. The number of piperidine rings is 1. The first kappa shape index (κ1) is 17.4. The van der Waals surface area contributed by atoms with Crippen LogP contribution in [0.3, 0.4) is 0 Å². The molecule has 1 aliphatic rings. The van der Waals surface area contributed by atoms with Crippen LogP contribution in [0.25, 0.3) is 0 Å². The highest BCUT2D eigenvalue weighted by Gasteiger charge is 2.25. The van der Waals surface area contributed by atoms with E-state index < -0.39 is 11.7 Å². The van der Waals surface area contributed by atoms with Gasteiger partial charge >= 0.3 is 0 Å². The van der Waals surface area contributed by atoms with E-state index >= 15 is 0 Å². The second kappa shape index (κ2) is 7.66. The van der Waals surface area contributed by atoms with Gasteiger partial charge in [0.1, 0.15) is 5.82 Å². The van der Waals surface area contributed by atoms with Crippen molar-refractivity contribution in [1.82, 2.24) is 10.2 Å². The number of hydrogen-bond donors (Lipinski definition) is 1. The zero-order chi connectivity index (χ0) is 17.8. The van der Waals surface area contributed by atoms with Crippen LogP contribution in [-0.2, 0) is 0 Å². The van der Waals surface area contributed by atoms with E-state index in [9.17, 15) is 14.0 Å². The fourth-order valence-electron chi connectivity index (χ4n) is 2.94. The van der Waals surface area contributed by atoms with Gasteiger partial charge in [0.05, 0.1) is 5.56 Å². The minimum Gasteiger partial charge on any atom is -0.349 e. The summed E-state index contributed by atoms with van der Waals surface area (Å²) in [6.45, 7) is 1.07. The number of rotatable bonds is 3. The van der Waals surface area contributed by atoms with E-state index in [1.54, 1.807) is 41.3 Å². The predicted molar refractivity (Wildman–Crippen MR) is 94.2 cm³/mol. The Labute approximate surface area is 150 Å². The molecule has 2 aromatic rings. The molecule has 1 N–H and O–H groups in total. The van der Waals surface area contributed by atoms with E-state index in [1.165, 1.54) is 12.1 Å². The van der Waals surface area contributed by atoms with Crippen molar-refractivity contribution in [3.05, 3.63) is 70.5 Å². The summed E-state index contributed by atoms with van der Waals surface area (Å²) in [4.78, 5) is 26.4. The zero-order valence-corrected chi connectivity index (χ0v) is 14.3. The van der Waals surface area contributed by atoms with Gasteiger partial charge in [0, 0.05) is 29.7 Å². The SMILES string of the molecule is O=C(NC1CCN(C(=O)c2cccc(Cl)c2)CC1)c1ccccc1F. The first-order chi connectivity index (χ1) is 12.0. The van der Waals surface area contributed by atoms with Gasteiger partial charge in [-0.05, 0) is 43.2 Å². The van der Waals surface area contributed by atoms with Crippen molar-refractivity contribution in [3.63, 3.8) is 0 Å². The number of amides is 2. The van der Waals surface area contributed by atoms with Gasteiger partial charge in [0.25, 0.3) is 11.8 Å². The van der Waals surface area contributed by atoms with Gasteiger partial charge in [-0.25, -0.2) is 4.39 Å². The minimum atomic E-state index is -0.534. The Morgan fingerprint density at radius 2 is 1.80 bits per heavy atom. The molecule has 1 heterocycles. The number of hydrogen-bond acceptors (Lipinski definition) is 2.